The second kappa shape index (κ2) is 9.26. The van der Waals surface area contributed by atoms with Gasteiger partial charge in [0.2, 0.25) is 5.91 Å². The lowest BCUT2D eigenvalue weighted by Gasteiger charge is -2.35. The first kappa shape index (κ1) is 22.1. The maximum atomic E-state index is 12.2. The number of carbonyl (C=O) groups excluding carboxylic acids is 1. The first-order valence-corrected chi connectivity index (χ1v) is 12.4. The summed E-state index contributed by atoms with van der Waals surface area (Å²) in [6, 6.07) is 11.6. The molecule has 0 bridgehead atoms. The van der Waals surface area contributed by atoms with Crippen LogP contribution < -0.4 is 5.32 Å². The summed E-state index contributed by atoms with van der Waals surface area (Å²) < 4.78 is 2.00. The van der Waals surface area contributed by atoms with Gasteiger partial charge in [0.1, 0.15) is 0 Å². The van der Waals surface area contributed by atoms with Gasteiger partial charge >= 0.3 is 0 Å². The van der Waals surface area contributed by atoms with Gasteiger partial charge in [-0.15, -0.1) is 0 Å². The number of aryl methyl sites for hydroxylation is 3. The van der Waals surface area contributed by atoms with Crippen molar-refractivity contribution in [2.45, 2.75) is 84.3 Å². The molecule has 6 heteroatoms. The van der Waals surface area contributed by atoms with Gasteiger partial charge in [-0.1, -0.05) is 30.7 Å². The van der Waals surface area contributed by atoms with E-state index < -0.39 is 0 Å². The summed E-state index contributed by atoms with van der Waals surface area (Å²) in [4.78, 5) is 19.7. The fraction of sp³-hybridized carbons (Fsp3) is 0.519. The normalized spacial score (nSPS) is 19.2. The molecule has 1 aliphatic carbocycles. The number of rotatable bonds is 7. The van der Waals surface area contributed by atoms with E-state index >= 15 is 0 Å². The molecule has 3 aromatic rings. The van der Waals surface area contributed by atoms with Crippen molar-refractivity contribution in [2.24, 2.45) is 0 Å². The molecule has 174 valence electrons. The van der Waals surface area contributed by atoms with Crippen molar-refractivity contribution < 1.29 is 4.79 Å². The highest BCUT2D eigenvalue weighted by atomic mass is 16.1. The quantitative estimate of drug-likeness (QED) is 0.578. The molecule has 5 rings (SSSR count). The fourth-order valence-corrected chi connectivity index (χ4v) is 5.16. The van der Waals surface area contributed by atoms with Crippen molar-refractivity contribution in [2.75, 3.05) is 6.54 Å². The van der Waals surface area contributed by atoms with Crippen molar-refractivity contribution in [3.05, 3.63) is 64.1 Å². The largest absolute Gasteiger partial charge is 0.353 e. The number of nitrogens with one attached hydrogen (secondary N) is 1. The summed E-state index contributed by atoms with van der Waals surface area (Å²) in [5.74, 6) is 0.145. The first-order chi connectivity index (χ1) is 16.0. The Hall–Kier alpha value is -2.73. The van der Waals surface area contributed by atoms with Gasteiger partial charge in [-0.2, -0.15) is 5.10 Å². The molecule has 2 fully saturated rings. The van der Waals surface area contributed by atoms with Gasteiger partial charge in [0.05, 0.1) is 11.7 Å². The topological polar surface area (TPSA) is 62.5 Å². The van der Waals surface area contributed by atoms with Crippen molar-refractivity contribution in [3.8, 4) is 0 Å². The maximum absolute atomic E-state index is 12.2. The third-order valence-electron chi connectivity index (χ3n) is 7.32. The van der Waals surface area contributed by atoms with Gasteiger partial charge < -0.3 is 5.32 Å². The molecule has 0 radical (unpaired) electrons. The fourth-order valence-electron chi connectivity index (χ4n) is 5.16. The molecule has 3 heterocycles. The number of hydrogen-bond acceptors (Lipinski definition) is 4. The number of benzene rings is 1. The molecule has 2 aliphatic rings. The van der Waals surface area contributed by atoms with E-state index in [0.717, 1.165) is 60.6 Å². The van der Waals surface area contributed by atoms with Crippen LogP contribution in [-0.4, -0.2) is 38.0 Å². The second-order valence-corrected chi connectivity index (χ2v) is 9.85. The predicted molar refractivity (Wildman–Crippen MR) is 130 cm³/mol. The number of piperidine rings is 1. The zero-order chi connectivity index (χ0) is 22.9. The standard InChI is InChI=1S/C27H35N5O/c1-18-8-4-5-9-21(18)17-31-15-7-6-10-25(31)24-16-26-28-19(2)23(20(3)32(26)30-24)13-14-27(33)29-22-11-12-22/h4-5,8-9,16,22,25H,6-7,10-15,17H2,1-3H3,(H,29,33)/t25-/m1/s1. The Morgan fingerprint density at radius 1 is 1.12 bits per heavy atom. The van der Waals surface area contributed by atoms with E-state index in [1.54, 1.807) is 0 Å². The number of hydrogen-bond donors (Lipinski definition) is 1. The van der Waals surface area contributed by atoms with Gasteiger partial charge in [0.15, 0.2) is 5.65 Å². The summed E-state index contributed by atoms with van der Waals surface area (Å²) in [5, 5.41) is 8.14. The van der Waals surface area contributed by atoms with Gasteiger partial charge in [-0.05, 0) is 76.1 Å². The lowest BCUT2D eigenvalue weighted by Crippen LogP contribution is -2.33. The van der Waals surface area contributed by atoms with E-state index in [0.29, 0.717) is 24.9 Å². The lowest BCUT2D eigenvalue weighted by molar-refractivity contribution is -0.121. The van der Waals surface area contributed by atoms with E-state index in [2.05, 4.69) is 61.3 Å². The van der Waals surface area contributed by atoms with Crippen LogP contribution in [0.15, 0.2) is 30.3 Å². The maximum Gasteiger partial charge on any atom is 0.220 e. The Morgan fingerprint density at radius 3 is 2.73 bits per heavy atom. The zero-order valence-electron chi connectivity index (χ0n) is 20.1. The molecule has 1 atom stereocenters. The van der Waals surface area contributed by atoms with Crippen LogP contribution in [-0.2, 0) is 17.8 Å². The predicted octanol–water partition coefficient (Wildman–Crippen LogP) is 4.59. The van der Waals surface area contributed by atoms with Crippen LogP contribution >= 0.6 is 0 Å². The van der Waals surface area contributed by atoms with Crippen molar-refractivity contribution in [1.29, 1.82) is 0 Å². The molecule has 1 amide bonds. The highest BCUT2D eigenvalue weighted by molar-refractivity contribution is 5.76. The highest BCUT2D eigenvalue weighted by Gasteiger charge is 2.28. The van der Waals surface area contributed by atoms with Gasteiger partial charge in [0.25, 0.3) is 0 Å². The number of amides is 1. The number of aromatic nitrogens is 3. The van der Waals surface area contributed by atoms with Crippen LogP contribution in [0.3, 0.4) is 0 Å². The molecule has 0 unspecified atom stereocenters. The monoisotopic (exact) mass is 445 g/mol. The minimum Gasteiger partial charge on any atom is -0.353 e. The van der Waals surface area contributed by atoms with Crippen molar-refractivity contribution >= 4 is 11.6 Å². The molecule has 2 aromatic heterocycles. The van der Waals surface area contributed by atoms with Crippen molar-refractivity contribution in [1.82, 2.24) is 24.8 Å². The molecular formula is C27H35N5O. The molecule has 0 spiro atoms. The van der Waals surface area contributed by atoms with Crippen LogP contribution in [0.25, 0.3) is 5.65 Å². The summed E-state index contributed by atoms with van der Waals surface area (Å²) in [6.07, 6.45) is 7.05. The van der Waals surface area contributed by atoms with E-state index in [9.17, 15) is 4.79 Å². The molecule has 1 saturated carbocycles. The molecular weight excluding hydrogens is 410 g/mol. The summed E-state index contributed by atoms with van der Waals surface area (Å²) >= 11 is 0. The van der Waals surface area contributed by atoms with Gasteiger partial charge in [0, 0.05) is 36.5 Å². The Kier molecular flexibility index (Phi) is 6.19. The number of carbonyl (C=O) groups is 1. The smallest absolute Gasteiger partial charge is 0.220 e. The molecule has 33 heavy (non-hydrogen) atoms. The van der Waals surface area contributed by atoms with E-state index in [1.165, 1.54) is 24.0 Å². The van der Waals surface area contributed by atoms with Crippen molar-refractivity contribution in [3.63, 3.8) is 0 Å². The van der Waals surface area contributed by atoms with E-state index in [-0.39, 0.29) is 5.91 Å². The minimum absolute atomic E-state index is 0.145. The van der Waals surface area contributed by atoms with E-state index in [4.69, 9.17) is 10.1 Å². The average molecular weight is 446 g/mol. The number of nitrogens with zero attached hydrogens (tertiary/aromatic N) is 4. The molecule has 1 N–H and O–H groups in total. The van der Waals surface area contributed by atoms with Crippen LogP contribution in [0, 0.1) is 20.8 Å². The third kappa shape index (κ3) is 4.81. The molecule has 1 aliphatic heterocycles. The SMILES string of the molecule is Cc1ccccc1CN1CCCC[C@@H]1c1cc2nc(C)c(CCC(=O)NC3CC3)c(C)n2n1. The first-order valence-electron chi connectivity index (χ1n) is 12.4. The van der Waals surface area contributed by atoms with E-state index in [1.807, 2.05) is 4.52 Å². The Bertz CT molecular complexity index is 1160. The van der Waals surface area contributed by atoms with Gasteiger partial charge in [-0.3, -0.25) is 9.69 Å². The van der Waals surface area contributed by atoms with Crippen LogP contribution in [0.1, 0.15) is 78.3 Å². The summed E-state index contributed by atoms with van der Waals surface area (Å²) in [5.41, 5.74) is 8.01. The Labute approximate surface area is 196 Å². The third-order valence-corrected chi connectivity index (χ3v) is 7.32. The van der Waals surface area contributed by atoms with Crippen LogP contribution in [0.4, 0.5) is 0 Å². The van der Waals surface area contributed by atoms with Crippen LogP contribution in [0.5, 0.6) is 0 Å². The molecule has 6 nitrogen and oxygen atoms in total. The number of fused-ring (bicyclic) bond motifs is 1. The van der Waals surface area contributed by atoms with Gasteiger partial charge in [-0.25, -0.2) is 9.50 Å². The lowest BCUT2D eigenvalue weighted by atomic mass is 9.98. The average Bonchev–Trinajstić information content (AvgIpc) is 3.51. The number of likely N-dealkylation sites (tertiary alicyclic amines) is 1. The summed E-state index contributed by atoms with van der Waals surface area (Å²) in [7, 11) is 0. The Balaban J connectivity index is 1.38. The highest BCUT2D eigenvalue weighted by Crippen LogP contribution is 2.33. The second-order valence-electron chi connectivity index (χ2n) is 9.85. The minimum atomic E-state index is 0.145. The molecule has 1 aromatic carbocycles. The zero-order valence-corrected chi connectivity index (χ0v) is 20.1. The van der Waals surface area contributed by atoms with Crippen LogP contribution in [0.2, 0.25) is 0 Å². The Morgan fingerprint density at radius 2 is 1.94 bits per heavy atom. The molecule has 1 saturated heterocycles. The summed E-state index contributed by atoms with van der Waals surface area (Å²) in [6.45, 7) is 8.41.